The van der Waals surface area contributed by atoms with Gasteiger partial charge in [-0.05, 0) is 19.1 Å². The zero-order chi connectivity index (χ0) is 13.7. The summed E-state index contributed by atoms with van der Waals surface area (Å²) in [4.78, 5) is 13.1. The van der Waals surface area contributed by atoms with E-state index in [9.17, 15) is 9.90 Å². The molecule has 0 aromatic heterocycles. The number of hydrogen-bond acceptors (Lipinski definition) is 4. The van der Waals surface area contributed by atoms with E-state index < -0.39 is 0 Å². The van der Waals surface area contributed by atoms with Crippen LogP contribution in [0.15, 0.2) is 35.2 Å². The van der Waals surface area contributed by atoms with E-state index in [2.05, 4.69) is 10.6 Å². The number of aliphatic hydroxyl groups is 1. The van der Waals surface area contributed by atoms with Crippen LogP contribution in [0.25, 0.3) is 0 Å². The van der Waals surface area contributed by atoms with Crippen molar-refractivity contribution in [2.75, 3.05) is 19.6 Å². The summed E-state index contributed by atoms with van der Waals surface area (Å²) in [7, 11) is 0. The number of amides is 1. The van der Waals surface area contributed by atoms with Crippen LogP contribution in [0.5, 0.6) is 0 Å². The van der Waals surface area contributed by atoms with E-state index in [1.165, 1.54) is 0 Å². The van der Waals surface area contributed by atoms with Crippen molar-refractivity contribution in [2.45, 2.75) is 23.2 Å². The Morgan fingerprint density at radius 3 is 2.75 bits per heavy atom. The van der Waals surface area contributed by atoms with Crippen LogP contribution in [0.1, 0.15) is 6.92 Å². The topological polar surface area (TPSA) is 61.4 Å². The Hall–Kier alpha value is -0.750. The average molecular weight is 317 g/mol. The van der Waals surface area contributed by atoms with Crippen molar-refractivity contribution in [3.63, 3.8) is 0 Å². The molecule has 4 nitrogen and oxygen atoms in total. The van der Waals surface area contributed by atoms with Gasteiger partial charge in [-0.25, -0.2) is 0 Å². The number of β-amino-alcohol motifs (C(OH)–C–C–N with tert-alkyl or cyclic N) is 1. The molecule has 0 saturated carbocycles. The molecule has 6 heteroatoms. The van der Waals surface area contributed by atoms with Gasteiger partial charge in [-0.15, -0.1) is 24.2 Å². The minimum atomic E-state index is -0.350. The Labute approximate surface area is 130 Å². The van der Waals surface area contributed by atoms with Gasteiger partial charge in [-0.1, -0.05) is 18.2 Å². The average Bonchev–Trinajstić information content (AvgIpc) is 2.82. The molecule has 3 atom stereocenters. The second-order valence-electron chi connectivity index (χ2n) is 4.80. The van der Waals surface area contributed by atoms with E-state index in [0.717, 1.165) is 11.4 Å². The van der Waals surface area contributed by atoms with Gasteiger partial charge in [0.1, 0.15) is 0 Å². The third-order valence-corrected chi connectivity index (χ3v) is 4.38. The lowest BCUT2D eigenvalue weighted by atomic mass is 10.1. The number of halogens is 1. The second kappa shape index (κ2) is 8.52. The van der Waals surface area contributed by atoms with Crippen LogP contribution in [0.2, 0.25) is 0 Å². The van der Waals surface area contributed by atoms with Crippen LogP contribution in [-0.4, -0.2) is 42.0 Å². The van der Waals surface area contributed by atoms with Gasteiger partial charge in [0.2, 0.25) is 5.91 Å². The van der Waals surface area contributed by atoms with Gasteiger partial charge in [-0.2, -0.15) is 0 Å². The maximum absolute atomic E-state index is 12.0. The lowest BCUT2D eigenvalue weighted by molar-refractivity contribution is -0.120. The van der Waals surface area contributed by atoms with Crippen LogP contribution in [0.3, 0.4) is 0 Å². The van der Waals surface area contributed by atoms with Crippen LogP contribution in [-0.2, 0) is 4.79 Å². The first-order valence-corrected chi connectivity index (χ1v) is 7.43. The SMILES string of the molecule is CC(Sc1ccccc1)C(=O)NCC1CNCC1O.Cl. The minimum Gasteiger partial charge on any atom is -0.391 e. The van der Waals surface area contributed by atoms with E-state index >= 15 is 0 Å². The molecule has 112 valence electrons. The first kappa shape index (κ1) is 17.3. The molecule has 0 aliphatic carbocycles. The van der Waals surface area contributed by atoms with E-state index in [4.69, 9.17) is 0 Å². The highest BCUT2D eigenvalue weighted by molar-refractivity contribution is 8.00. The van der Waals surface area contributed by atoms with E-state index in [1.54, 1.807) is 11.8 Å². The zero-order valence-corrected chi connectivity index (χ0v) is 13.0. The lowest BCUT2D eigenvalue weighted by Gasteiger charge is -2.16. The molecule has 2 rings (SSSR count). The molecule has 1 amide bonds. The second-order valence-corrected chi connectivity index (χ2v) is 6.22. The van der Waals surface area contributed by atoms with Crippen molar-refractivity contribution in [3.8, 4) is 0 Å². The number of hydrogen-bond donors (Lipinski definition) is 3. The lowest BCUT2D eigenvalue weighted by Crippen LogP contribution is -2.38. The normalized spacial score (nSPS) is 22.9. The van der Waals surface area contributed by atoms with Crippen molar-refractivity contribution >= 4 is 30.1 Å². The smallest absolute Gasteiger partial charge is 0.233 e. The fourth-order valence-electron chi connectivity index (χ4n) is 2.06. The van der Waals surface area contributed by atoms with Gasteiger partial charge < -0.3 is 15.7 Å². The van der Waals surface area contributed by atoms with Crippen molar-refractivity contribution in [3.05, 3.63) is 30.3 Å². The summed E-state index contributed by atoms with van der Waals surface area (Å²) in [6, 6.07) is 9.89. The highest BCUT2D eigenvalue weighted by Gasteiger charge is 2.25. The Morgan fingerprint density at radius 2 is 2.15 bits per heavy atom. The summed E-state index contributed by atoms with van der Waals surface area (Å²) < 4.78 is 0. The number of rotatable bonds is 5. The Kier molecular flexibility index (Phi) is 7.37. The summed E-state index contributed by atoms with van der Waals surface area (Å²) in [5, 5.41) is 15.5. The fraction of sp³-hybridized carbons (Fsp3) is 0.500. The van der Waals surface area contributed by atoms with Gasteiger partial charge in [0.05, 0.1) is 11.4 Å². The quantitative estimate of drug-likeness (QED) is 0.716. The molecule has 1 aromatic rings. The predicted molar refractivity (Wildman–Crippen MR) is 84.4 cm³/mol. The third-order valence-electron chi connectivity index (χ3n) is 3.27. The third kappa shape index (κ3) is 4.98. The van der Waals surface area contributed by atoms with Crippen LogP contribution in [0.4, 0.5) is 0 Å². The monoisotopic (exact) mass is 316 g/mol. The van der Waals surface area contributed by atoms with Crippen LogP contribution in [0, 0.1) is 5.92 Å². The van der Waals surface area contributed by atoms with Gasteiger partial charge in [0.25, 0.3) is 0 Å². The number of carbonyl (C=O) groups is 1. The predicted octanol–water partition coefficient (Wildman–Crippen LogP) is 1.29. The van der Waals surface area contributed by atoms with Gasteiger partial charge >= 0.3 is 0 Å². The summed E-state index contributed by atoms with van der Waals surface area (Å²) in [6.07, 6.45) is -0.350. The first-order valence-electron chi connectivity index (χ1n) is 6.55. The summed E-state index contributed by atoms with van der Waals surface area (Å²) in [5.41, 5.74) is 0. The van der Waals surface area contributed by atoms with Crippen molar-refractivity contribution in [1.82, 2.24) is 10.6 Å². The van der Waals surface area contributed by atoms with Crippen molar-refractivity contribution in [1.29, 1.82) is 0 Å². The number of thioether (sulfide) groups is 1. The Bertz CT molecular complexity index is 419. The first-order chi connectivity index (χ1) is 9.16. The Balaban J connectivity index is 0.00000200. The molecule has 20 heavy (non-hydrogen) atoms. The molecule has 1 saturated heterocycles. The van der Waals surface area contributed by atoms with E-state index in [-0.39, 0.29) is 35.6 Å². The molecule has 0 bridgehead atoms. The molecule has 1 fully saturated rings. The maximum atomic E-state index is 12.0. The summed E-state index contributed by atoms with van der Waals surface area (Å²) in [5.74, 6) is 0.144. The molecule has 1 heterocycles. The van der Waals surface area contributed by atoms with E-state index in [1.807, 2.05) is 37.3 Å². The van der Waals surface area contributed by atoms with Gasteiger partial charge in [0.15, 0.2) is 0 Å². The molecule has 0 radical (unpaired) electrons. The van der Waals surface area contributed by atoms with Crippen LogP contribution < -0.4 is 10.6 Å². The highest BCUT2D eigenvalue weighted by Crippen LogP contribution is 2.22. The summed E-state index contributed by atoms with van der Waals surface area (Å²) >= 11 is 1.54. The maximum Gasteiger partial charge on any atom is 0.233 e. The standard InChI is InChI=1S/C14H20N2O2S.ClH/c1-10(19-12-5-3-2-4-6-12)14(18)16-8-11-7-15-9-13(11)17;/h2-6,10-11,13,15,17H,7-9H2,1H3,(H,16,18);1H. The molecular weight excluding hydrogens is 296 g/mol. The highest BCUT2D eigenvalue weighted by atomic mass is 35.5. The largest absolute Gasteiger partial charge is 0.391 e. The molecule has 1 aliphatic rings. The van der Waals surface area contributed by atoms with Crippen LogP contribution >= 0.6 is 24.2 Å². The van der Waals surface area contributed by atoms with Crippen molar-refractivity contribution in [2.24, 2.45) is 5.92 Å². The number of benzene rings is 1. The molecular formula is C14H21ClN2O2S. The van der Waals surface area contributed by atoms with Crippen molar-refractivity contribution < 1.29 is 9.90 Å². The molecule has 3 N–H and O–H groups in total. The van der Waals surface area contributed by atoms with E-state index in [0.29, 0.717) is 13.1 Å². The Morgan fingerprint density at radius 1 is 1.45 bits per heavy atom. The molecule has 1 aromatic carbocycles. The van der Waals surface area contributed by atoms with Gasteiger partial charge in [0, 0.05) is 30.4 Å². The number of carbonyl (C=O) groups excluding carboxylic acids is 1. The zero-order valence-electron chi connectivity index (χ0n) is 11.4. The van der Waals surface area contributed by atoms with Gasteiger partial charge in [-0.3, -0.25) is 4.79 Å². The number of aliphatic hydroxyl groups excluding tert-OH is 1. The number of nitrogens with one attached hydrogen (secondary N) is 2. The molecule has 3 unspecified atom stereocenters. The fourth-order valence-corrected chi connectivity index (χ4v) is 2.97. The molecule has 1 aliphatic heterocycles. The minimum absolute atomic E-state index is 0. The molecule has 0 spiro atoms. The summed E-state index contributed by atoms with van der Waals surface area (Å²) in [6.45, 7) is 3.82.